The molecule has 8 aromatic carbocycles. The molecule has 0 radical (unpaired) electrons. The molecule has 0 aromatic heterocycles. The summed E-state index contributed by atoms with van der Waals surface area (Å²) in [5.74, 6) is 0. The molecule has 0 bridgehead atoms. The zero-order chi connectivity index (χ0) is 33.5. The van der Waals surface area contributed by atoms with Gasteiger partial charge in [-0.2, -0.15) is 0 Å². The zero-order valence-corrected chi connectivity index (χ0v) is 28.5. The fourth-order valence-corrected chi connectivity index (χ4v) is 13.5. The van der Waals surface area contributed by atoms with Crippen LogP contribution in [0.1, 0.15) is 0 Å². The molecule has 238 valence electrons. The maximum atomic E-state index is 15.6. The lowest BCUT2D eigenvalue weighted by molar-refractivity contribution is 0.591. The summed E-state index contributed by atoms with van der Waals surface area (Å²) in [5, 5.41) is 7.97. The normalized spacial score (nSPS) is 12.6. The first kappa shape index (κ1) is 29.3. The molecule has 2 heterocycles. The third kappa shape index (κ3) is 4.01. The summed E-state index contributed by atoms with van der Waals surface area (Å²) >= 11 is 0. The van der Waals surface area contributed by atoms with E-state index in [1.165, 1.54) is 0 Å². The fourth-order valence-electron chi connectivity index (χ4n) is 7.79. The van der Waals surface area contributed by atoms with Crippen LogP contribution >= 0.6 is 14.3 Å². The molecule has 0 unspecified atom stereocenters. The quantitative estimate of drug-likeness (QED) is 0.0997. The fraction of sp³-hybridized carbons (Fsp3) is 0. The van der Waals surface area contributed by atoms with E-state index in [1.807, 2.05) is 170 Å². The lowest BCUT2D eigenvalue weighted by Gasteiger charge is -2.26. The van der Waals surface area contributed by atoms with Gasteiger partial charge in [-0.05, 0) is 59.3 Å². The van der Waals surface area contributed by atoms with Gasteiger partial charge in [0.2, 0.25) is 0 Å². The van der Waals surface area contributed by atoms with Gasteiger partial charge >= 0.3 is 0 Å². The summed E-state index contributed by atoms with van der Waals surface area (Å²) in [6, 6.07) is 54.7. The van der Waals surface area contributed by atoms with E-state index < -0.39 is 14.3 Å². The van der Waals surface area contributed by atoms with Crippen molar-refractivity contribution in [3.63, 3.8) is 0 Å². The molecule has 0 saturated carbocycles. The highest BCUT2D eigenvalue weighted by atomic mass is 31.2. The predicted octanol–water partition coefficient (Wildman–Crippen LogP) is 9.31. The Morgan fingerprint density at radius 2 is 0.620 bits per heavy atom. The van der Waals surface area contributed by atoms with Gasteiger partial charge in [-0.25, -0.2) is 0 Å². The van der Waals surface area contributed by atoms with Crippen molar-refractivity contribution < 1.29 is 18.0 Å². The van der Waals surface area contributed by atoms with E-state index in [0.29, 0.717) is 22.3 Å². The Hall–Kier alpha value is -5.66. The third-order valence-electron chi connectivity index (χ3n) is 10.0. The van der Waals surface area contributed by atoms with Crippen LogP contribution in [0.4, 0.5) is 0 Å². The molecule has 6 heteroatoms. The van der Waals surface area contributed by atoms with Crippen molar-refractivity contribution in [2.75, 3.05) is 0 Å². The van der Waals surface area contributed by atoms with Crippen LogP contribution in [0.2, 0.25) is 0 Å². The highest BCUT2D eigenvalue weighted by molar-refractivity contribution is 7.86. The molecule has 8 aromatic rings. The van der Waals surface area contributed by atoms with E-state index in [0.717, 1.165) is 64.5 Å². The molecule has 10 rings (SSSR count). The van der Waals surface area contributed by atoms with Crippen molar-refractivity contribution in [2.24, 2.45) is 0 Å². The van der Waals surface area contributed by atoms with Gasteiger partial charge < -0.3 is 18.0 Å². The van der Waals surface area contributed by atoms with Crippen LogP contribution in [-0.2, 0) is 9.13 Å². The maximum absolute atomic E-state index is 15.6. The highest BCUT2D eigenvalue weighted by Gasteiger charge is 2.36. The Bertz CT molecular complexity index is 2620. The lowest BCUT2D eigenvalue weighted by atomic mass is 9.90. The highest BCUT2D eigenvalue weighted by Crippen LogP contribution is 2.52. The van der Waals surface area contributed by atoms with Crippen molar-refractivity contribution in [1.29, 1.82) is 0 Å². The molecule has 0 aliphatic carbocycles. The van der Waals surface area contributed by atoms with Crippen LogP contribution in [0.15, 0.2) is 179 Å². The number of rotatable bonds is 6. The van der Waals surface area contributed by atoms with Gasteiger partial charge in [0.05, 0.1) is 0 Å². The van der Waals surface area contributed by atoms with E-state index in [-0.39, 0.29) is 0 Å². The molecule has 0 fully saturated rings. The molecule has 2 aliphatic heterocycles. The first-order valence-electron chi connectivity index (χ1n) is 16.6. The first-order chi connectivity index (χ1) is 24.6. The van der Waals surface area contributed by atoms with Gasteiger partial charge in [0.15, 0.2) is 14.3 Å². The van der Waals surface area contributed by atoms with Crippen molar-refractivity contribution in [3.8, 4) is 11.1 Å². The average Bonchev–Trinajstić information content (AvgIpc) is 3.19. The van der Waals surface area contributed by atoms with Gasteiger partial charge in [-0.1, -0.05) is 121 Å². The second-order valence-electron chi connectivity index (χ2n) is 12.7. The first-order valence-corrected chi connectivity index (χ1v) is 20.0. The van der Waals surface area contributed by atoms with Crippen molar-refractivity contribution in [1.82, 2.24) is 0 Å². The topological polar surface area (TPSA) is 60.4 Å². The second kappa shape index (κ2) is 10.9. The molecular weight excluding hydrogens is 654 g/mol. The molecule has 0 saturated heterocycles. The minimum atomic E-state index is -3.31. The predicted molar refractivity (Wildman–Crippen MR) is 208 cm³/mol. The van der Waals surface area contributed by atoms with Crippen LogP contribution in [-0.4, -0.2) is 0 Å². The lowest BCUT2D eigenvalue weighted by Crippen LogP contribution is -2.26. The molecule has 0 spiro atoms. The number of hydrogen-bond acceptors (Lipinski definition) is 4. The van der Waals surface area contributed by atoms with Gasteiger partial charge in [0.25, 0.3) is 0 Å². The molecule has 0 N–H and O–H groups in total. The minimum Gasteiger partial charge on any atom is -0.456 e. The van der Waals surface area contributed by atoms with Gasteiger partial charge in [0, 0.05) is 53.7 Å². The standard InChI is InChI=1S/C44H28O4P2/c45-49(29-13-5-1-6-14-29,30-15-7-2-8-16-30)39-27-25-35-41-33(39)21-23-37-43(41)44-38(47-35)24-22-34-40(28-26-36(48-37)42(34)44)50(46,31-17-9-3-10-18-31)32-19-11-4-12-20-32/h1-28H. The Kier molecular flexibility index (Phi) is 6.39. The summed E-state index contributed by atoms with van der Waals surface area (Å²) < 4.78 is 44.7. The molecular formula is C44H28O4P2. The monoisotopic (exact) mass is 682 g/mol. The molecule has 2 aliphatic rings. The number of hydrogen-bond donors (Lipinski definition) is 0. The molecule has 50 heavy (non-hydrogen) atoms. The molecule has 4 nitrogen and oxygen atoms in total. The summed E-state index contributed by atoms with van der Waals surface area (Å²) in [5.41, 5.74) is 4.58. The van der Waals surface area contributed by atoms with Crippen molar-refractivity contribution in [3.05, 3.63) is 170 Å². The van der Waals surface area contributed by atoms with E-state index in [2.05, 4.69) is 0 Å². The molecule has 0 atom stereocenters. The minimum absolute atomic E-state index is 0.683. The smallest absolute Gasteiger partial charge is 0.171 e. The zero-order valence-electron chi connectivity index (χ0n) is 26.7. The van der Waals surface area contributed by atoms with Crippen molar-refractivity contribution >= 4 is 90.0 Å². The average molecular weight is 683 g/mol. The van der Waals surface area contributed by atoms with Gasteiger partial charge in [-0.3, -0.25) is 0 Å². The summed E-state index contributed by atoms with van der Waals surface area (Å²) in [6.45, 7) is 0. The van der Waals surface area contributed by atoms with E-state index in [1.54, 1.807) is 0 Å². The van der Waals surface area contributed by atoms with Crippen LogP contribution < -0.4 is 31.8 Å². The number of benzene rings is 8. The maximum Gasteiger partial charge on any atom is 0.171 e. The third-order valence-corrected chi connectivity index (χ3v) is 16.3. The molecule has 0 amide bonds. The van der Waals surface area contributed by atoms with Crippen molar-refractivity contribution in [2.45, 2.75) is 0 Å². The Morgan fingerprint density at radius 3 is 0.940 bits per heavy atom. The Labute approximate surface area is 288 Å². The van der Waals surface area contributed by atoms with Gasteiger partial charge in [-0.15, -0.1) is 0 Å². The van der Waals surface area contributed by atoms with Crippen LogP contribution in [0.25, 0.3) is 55.0 Å². The van der Waals surface area contributed by atoms with Crippen LogP contribution in [0.5, 0.6) is 0 Å². The summed E-state index contributed by atoms with van der Waals surface area (Å²) in [6.07, 6.45) is 0. The van der Waals surface area contributed by atoms with E-state index in [4.69, 9.17) is 8.83 Å². The Morgan fingerprint density at radius 1 is 0.320 bits per heavy atom. The summed E-state index contributed by atoms with van der Waals surface area (Å²) in [4.78, 5) is 0. The SMILES string of the molecule is O=P(c1ccccc1)(c1ccccc1)c1ccc2oc3ccc4c(P(=O)(c5ccccc5)c5ccccc5)ccc5oc6ccc1c2c6-c3c54. The Balaban J connectivity index is 1.30. The van der Waals surface area contributed by atoms with Gasteiger partial charge in [0.1, 0.15) is 22.3 Å². The van der Waals surface area contributed by atoms with Crippen LogP contribution in [0.3, 0.4) is 0 Å². The van der Waals surface area contributed by atoms with Crippen LogP contribution in [0, 0.1) is 0 Å². The van der Waals surface area contributed by atoms with E-state index >= 15 is 9.13 Å². The summed E-state index contributed by atoms with van der Waals surface area (Å²) in [7, 11) is -6.62. The second-order valence-corrected chi connectivity index (χ2v) is 18.1. The van der Waals surface area contributed by atoms with E-state index in [9.17, 15) is 0 Å². The largest absolute Gasteiger partial charge is 0.456 e.